The van der Waals surface area contributed by atoms with E-state index >= 15 is 0 Å². The first-order valence-corrected chi connectivity index (χ1v) is 11.9. The van der Waals surface area contributed by atoms with Gasteiger partial charge in [0.1, 0.15) is 0 Å². The minimum absolute atomic E-state index is 0.0398. The first-order valence-electron chi connectivity index (χ1n) is 9.31. The van der Waals surface area contributed by atoms with Gasteiger partial charge < -0.3 is 5.32 Å². The number of hydrogen-bond donors (Lipinski definition) is 1. The van der Waals surface area contributed by atoms with Crippen molar-refractivity contribution in [3.05, 3.63) is 65.7 Å². The highest BCUT2D eigenvalue weighted by Gasteiger charge is 2.19. The molecule has 0 aliphatic carbocycles. The highest BCUT2D eigenvalue weighted by atomic mass is 32.2. The third kappa shape index (κ3) is 6.96. The van der Waals surface area contributed by atoms with E-state index in [9.17, 15) is 13.2 Å². The van der Waals surface area contributed by atoms with Crippen LogP contribution in [0, 0.1) is 6.92 Å². The molecule has 0 aliphatic rings. The van der Waals surface area contributed by atoms with E-state index in [1.54, 1.807) is 49.1 Å². The van der Waals surface area contributed by atoms with Gasteiger partial charge in [-0.1, -0.05) is 42.5 Å². The monoisotopic (exact) mass is 420 g/mol. The van der Waals surface area contributed by atoms with Crippen LogP contribution in [0.3, 0.4) is 0 Å². The van der Waals surface area contributed by atoms with Gasteiger partial charge in [0.15, 0.2) is 0 Å². The number of benzene rings is 2. The fourth-order valence-electron chi connectivity index (χ4n) is 2.66. The number of carbonyl (C=O) groups is 1. The average Bonchev–Trinajstić information content (AvgIpc) is 2.69. The Bertz CT molecular complexity index is 855. The topological polar surface area (TPSA) is 66.5 Å². The van der Waals surface area contributed by atoms with E-state index in [0.29, 0.717) is 25.9 Å². The van der Waals surface area contributed by atoms with Crippen LogP contribution in [0.15, 0.2) is 59.5 Å². The molecule has 2 aromatic carbocycles. The van der Waals surface area contributed by atoms with E-state index in [4.69, 9.17) is 0 Å². The van der Waals surface area contributed by atoms with E-state index in [1.165, 1.54) is 15.4 Å². The van der Waals surface area contributed by atoms with Gasteiger partial charge >= 0.3 is 0 Å². The molecule has 0 heterocycles. The molecule has 0 spiro atoms. The summed E-state index contributed by atoms with van der Waals surface area (Å²) in [6.45, 7) is 3.03. The summed E-state index contributed by atoms with van der Waals surface area (Å²) in [4.78, 5) is 12.2. The van der Waals surface area contributed by atoms with Gasteiger partial charge in [-0.25, -0.2) is 12.7 Å². The third-order valence-corrected chi connectivity index (χ3v) is 7.29. The van der Waals surface area contributed by atoms with Gasteiger partial charge in [0.25, 0.3) is 0 Å². The van der Waals surface area contributed by atoms with E-state index in [-0.39, 0.29) is 10.8 Å². The van der Waals surface area contributed by atoms with Crippen LogP contribution in [0.25, 0.3) is 0 Å². The van der Waals surface area contributed by atoms with Crippen molar-refractivity contribution in [2.75, 3.05) is 25.9 Å². The summed E-state index contributed by atoms with van der Waals surface area (Å²) in [5, 5.41) is 2.90. The zero-order valence-corrected chi connectivity index (χ0v) is 18.1. The molecule has 0 aromatic heterocycles. The van der Waals surface area contributed by atoms with Gasteiger partial charge in [0, 0.05) is 38.1 Å². The van der Waals surface area contributed by atoms with Crippen LogP contribution in [-0.2, 0) is 20.6 Å². The summed E-state index contributed by atoms with van der Waals surface area (Å²) in [5.41, 5.74) is 2.61. The Morgan fingerprint density at radius 1 is 1.07 bits per heavy atom. The first-order chi connectivity index (χ1) is 13.4. The van der Waals surface area contributed by atoms with Crippen LogP contribution in [0.4, 0.5) is 0 Å². The normalized spacial score (nSPS) is 11.5. The molecular formula is C21H28N2O3S2. The molecule has 1 N–H and O–H groups in total. The van der Waals surface area contributed by atoms with Crippen LogP contribution in [-0.4, -0.2) is 44.5 Å². The summed E-state index contributed by atoms with van der Waals surface area (Å²) in [7, 11) is -1.95. The summed E-state index contributed by atoms with van der Waals surface area (Å²) in [5.74, 6) is 1.74. The number of nitrogens with zero attached hydrogens (tertiary/aromatic N) is 1. The zero-order chi connectivity index (χ0) is 20.4. The molecule has 0 unspecified atom stereocenters. The Morgan fingerprint density at radius 2 is 1.75 bits per heavy atom. The molecule has 7 heteroatoms. The van der Waals surface area contributed by atoms with Crippen molar-refractivity contribution in [1.82, 2.24) is 9.62 Å². The van der Waals surface area contributed by atoms with Crippen molar-refractivity contribution in [3.63, 3.8) is 0 Å². The molecule has 0 aliphatic heterocycles. The molecule has 0 saturated carbocycles. The summed E-state index contributed by atoms with van der Waals surface area (Å²) >= 11 is 1.79. The van der Waals surface area contributed by atoms with Gasteiger partial charge in [-0.15, -0.1) is 0 Å². The summed E-state index contributed by atoms with van der Waals surface area (Å²) in [6, 6.07) is 16.6. The lowest BCUT2D eigenvalue weighted by Gasteiger charge is -2.17. The molecule has 28 heavy (non-hydrogen) atoms. The van der Waals surface area contributed by atoms with Crippen molar-refractivity contribution in [3.8, 4) is 0 Å². The lowest BCUT2D eigenvalue weighted by Crippen LogP contribution is -2.30. The molecule has 0 atom stereocenters. The zero-order valence-electron chi connectivity index (χ0n) is 16.4. The maximum Gasteiger partial charge on any atom is 0.242 e. The second-order valence-electron chi connectivity index (χ2n) is 6.57. The predicted molar refractivity (Wildman–Crippen MR) is 116 cm³/mol. The number of sulfonamides is 1. The van der Waals surface area contributed by atoms with E-state index in [2.05, 4.69) is 24.4 Å². The molecule has 1 amide bonds. The lowest BCUT2D eigenvalue weighted by atomic mass is 10.1. The molecule has 0 saturated heterocycles. The van der Waals surface area contributed by atoms with Crippen molar-refractivity contribution < 1.29 is 13.2 Å². The van der Waals surface area contributed by atoms with Crippen LogP contribution >= 0.6 is 11.8 Å². The van der Waals surface area contributed by atoms with Crippen LogP contribution in [0.2, 0.25) is 0 Å². The highest BCUT2D eigenvalue weighted by Crippen LogP contribution is 2.15. The largest absolute Gasteiger partial charge is 0.355 e. The number of nitrogens with one attached hydrogen (secondary N) is 1. The highest BCUT2D eigenvalue weighted by molar-refractivity contribution is 7.98. The summed E-state index contributed by atoms with van der Waals surface area (Å²) < 4.78 is 26.1. The van der Waals surface area contributed by atoms with E-state index in [1.807, 2.05) is 12.1 Å². The maximum atomic E-state index is 12.4. The molecule has 0 bridgehead atoms. The van der Waals surface area contributed by atoms with E-state index in [0.717, 1.165) is 11.5 Å². The molecule has 0 fully saturated rings. The minimum atomic E-state index is -3.49. The fourth-order valence-corrected chi connectivity index (χ4v) is 4.83. The lowest BCUT2D eigenvalue weighted by molar-refractivity contribution is -0.121. The number of rotatable bonds is 11. The smallest absolute Gasteiger partial charge is 0.242 e. The Kier molecular flexibility index (Phi) is 9.02. The number of aryl methyl sites for hydroxylation is 1. The number of hydrogen-bond acceptors (Lipinski definition) is 4. The number of thioether (sulfide) groups is 1. The van der Waals surface area contributed by atoms with E-state index < -0.39 is 10.0 Å². The third-order valence-electron chi connectivity index (χ3n) is 4.42. The Balaban J connectivity index is 1.61. The quantitative estimate of drug-likeness (QED) is 0.566. The van der Waals surface area contributed by atoms with Gasteiger partial charge in [-0.05, 0) is 36.6 Å². The minimum Gasteiger partial charge on any atom is -0.355 e. The summed E-state index contributed by atoms with van der Waals surface area (Å²) in [6.07, 6.45) is 0.807. The number of carbonyl (C=O) groups excluding carboxylic acids is 1. The van der Waals surface area contributed by atoms with Gasteiger partial charge in [0.05, 0.1) is 4.90 Å². The Morgan fingerprint density at radius 3 is 2.46 bits per heavy atom. The first kappa shape index (κ1) is 22.5. The van der Waals surface area contributed by atoms with Crippen LogP contribution in [0.1, 0.15) is 24.0 Å². The molecule has 5 nitrogen and oxygen atoms in total. The molecular weight excluding hydrogens is 392 g/mol. The molecule has 2 rings (SSSR count). The van der Waals surface area contributed by atoms with Crippen molar-refractivity contribution >= 4 is 27.7 Å². The van der Waals surface area contributed by atoms with Crippen LogP contribution in [0.5, 0.6) is 0 Å². The average molecular weight is 421 g/mol. The van der Waals surface area contributed by atoms with Gasteiger partial charge in [-0.2, -0.15) is 11.8 Å². The molecule has 0 radical (unpaired) electrons. The Labute approximate surface area is 172 Å². The molecule has 2 aromatic rings. The standard InChI is InChI=1S/C21H28N2O3S2/c1-18-9-6-7-10-19(18)17-27-16-14-22-21(24)13-8-15-23(2)28(25,26)20-11-4-3-5-12-20/h3-7,9-12H,8,13-17H2,1-2H3,(H,22,24). The second kappa shape index (κ2) is 11.2. The van der Waals surface area contributed by atoms with Crippen molar-refractivity contribution in [1.29, 1.82) is 0 Å². The SMILES string of the molecule is Cc1ccccc1CSCCNC(=O)CCCN(C)S(=O)(=O)c1ccccc1. The van der Waals surface area contributed by atoms with Crippen molar-refractivity contribution in [2.45, 2.75) is 30.4 Å². The predicted octanol–water partition coefficient (Wildman–Crippen LogP) is 3.45. The molecule has 152 valence electrons. The van der Waals surface area contributed by atoms with Crippen LogP contribution < -0.4 is 5.32 Å². The Hall–Kier alpha value is -1.83. The fraction of sp³-hybridized carbons (Fsp3) is 0.381. The second-order valence-corrected chi connectivity index (χ2v) is 9.72. The van der Waals surface area contributed by atoms with Gasteiger partial charge in [-0.3, -0.25) is 4.79 Å². The maximum absolute atomic E-state index is 12.4. The number of amides is 1. The van der Waals surface area contributed by atoms with Crippen molar-refractivity contribution in [2.24, 2.45) is 0 Å². The van der Waals surface area contributed by atoms with Gasteiger partial charge in [0.2, 0.25) is 15.9 Å².